The smallest absolute Gasteiger partial charge is 0.417 e. The van der Waals surface area contributed by atoms with E-state index in [0.717, 1.165) is 5.69 Å². The van der Waals surface area contributed by atoms with Crippen molar-refractivity contribution in [3.63, 3.8) is 0 Å². The zero-order valence-corrected chi connectivity index (χ0v) is 12.3. The third-order valence-corrected chi connectivity index (χ3v) is 2.54. The van der Waals surface area contributed by atoms with Crippen LogP contribution in [0.5, 0.6) is 0 Å². The van der Waals surface area contributed by atoms with Gasteiger partial charge in [-0.1, -0.05) is 0 Å². The van der Waals surface area contributed by atoms with Crippen molar-refractivity contribution in [3.8, 4) is 0 Å². The van der Waals surface area contributed by atoms with Gasteiger partial charge in [0, 0.05) is 18.8 Å². The van der Waals surface area contributed by atoms with Crippen molar-refractivity contribution in [1.29, 1.82) is 0 Å². The molecule has 2 rings (SSSR count). The molecule has 0 saturated heterocycles. The predicted molar refractivity (Wildman–Crippen MR) is 79.6 cm³/mol. The number of benzene rings is 1. The Balaban J connectivity index is 1.80. The van der Waals surface area contributed by atoms with Crippen LogP contribution in [0.25, 0.3) is 11.1 Å². The number of hydrogen-bond acceptors (Lipinski definition) is 5. The van der Waals surface area contributed by atoms with Crippen LogP contribution in [-0.4, -0.2) is 29.8 Å². The number of H-pyrrole nitrogens is 1. The van der Waals surface area contributed by atoms with Crippen molar-refractivity contribution in [2.24, 2.45) is 0 Å². The van der Waals surface area contributed by atoms with Gasteiger partial charge in [-0.25, -0.2) is 9.59 Å². The maximum absolute atomic E-state index is 11.4. The second-order valence-electron chi connectivity index (χ2n) is 5.58. The highest BCUT2D eigenvalue weighted by molar-refractivity contribution is 5.76. The number of hydrogen-bond donors (Lipinski definition) is 3. The second-order valence-corrected chi connectivity index (χ2v) is 5.58. The first-order valence-electron chi connectivity index (χ1n) is 6.67. The summed E-state index contributed by atoms with van der Waals surface area (Å²) in [7, 11) is 0. The van der Waals surface area contributed by atoms with Crippen LogP contribution in [0, 0.1) is 0 Å². The minimum atomic E-state index is -0.504. The molecule has 0 saturated carbocycles. The molecule has 0 radical (unpaired) electrons. The minimum absolute atomic E-state index is 0.425. The molecule has 2 aromatic rings. The summed E-state index contributed by atoms with van der Waals surface area (Å²) in [5.41, 5.74) is 1.46. The molecule has 0 unspecified atom stereocenters. The molecule has 3 N–H and O–H groups in total. The van der Waals surface area contributed by atoms with Crippen molar-refractivity contribution in [1.82, 2.24) is 10.3 Å². The largest absolute Gasteiger partial charge is 0.444 e. The number of aromatic amines is 1. The number of rotatable bonds is 4. The number of ether oxygens (including phenoxy) is 1. The molecule has 1 amide bonds. The Morgan fingerprint density at radius 1 is 1.33 bits per heavy atom. The van der Waals surface area contributed by atoms with Gasteiger partial charge >= 0.3 is 11.8 Å². The Labute approximate surface area is 121 Å². The van der Waals surface area contributed by atoms with Crippen LogP contribution < -0.4 is 16.4 Å². The molecular formula is C14H19N3O4. The Hall–Kier alpha value is -2.44. The van der Waals surface area contributed by atoms with Crippen molar-refractivity contribution in [3.05, 3.63) is 28.7 Å². The molecule has 1 heterocycles. The van der Waals surface area contributed by atoms with Crippen LogP contribution in [-0.2, 0) is 4.74 Å². The molecular weight excluding hydrogens is 274 g/mol. The lowest BCUT2D eigenvalue weighted by atomic mass is 10.2. The number of oxazole rings is 1. The average Bonchev–Trinajstić information content (AvgIpc) is 2.71. The third kappa shape index (κ3) is 4.55. The van der Waals surface area contributed by atoms with E-state index in [1.807, 2.05) is 20.8 Å². The van der Waals surface area contributed by atoms with Gasteiger partial charge in [-0.2, -0.15) is 0 Å². The van der Waals surface area contributed by atoms with Crippen molar-refractivity contribution in [2.45, 2.75) is 26.4 Å². The highest BCUT2D eigenvalue weighted by atomic mass is 16.6. The van der Waals surface area contributed by atoms with Crippen molar-refractivity contribution in [2.75, 3.05) is 18.4 Å². The first-order chi connectivity index (χ1) is 9.83. The summed E-state index contributed by atoms with van der Waals surface area (Å²) in [6.07, 6.45) is -0.445. The lowest BCUT2D eigenvalue weighted by Crippen LogP contribution is -2.34. The number of alkyl carbamates (subject to hydrolysis) is 1. The van der Waals surface area contributed by atoms with Gasteiger partial charge in [0.05, 0.1) is 5.52 Å². The van der Waals surface area contributed by atoms with E-state index < -0.39 is 17.5 Å². The zero-order chi connectivity index (χ0) is 15.5. The van der Waals surface area contributed by atoms with E-state index in [1.54, 1.807) is 18.2 Å². The molecule has 0 aliphatic carbocycles. The number of anilines is 1. The van der Waals surface area contributed by atoms with Gasteiger partial charge in [-0.15, -0.1) is 0 Å². The molecule has 7 heteroatoms. The standard InChI is InChI=1S/C14H19N3O4/c1-14(2,3)21-12(18)16-7-6-15-9-4-5-11-10(8-9)17-13(19)20-11/h4-5,8,15H,6-7H2,1-3H3,(H,16,18)(H,17,19). The first kappa shape index (κ1) is 15.0. The van der Waals surface area contributed by atoms with Gasteiger partial charge in [0.25, 0.3) is 0 Å². The summed E-state index contributed by atoms with van der Waals surface area (Å²) in [5.74, 6) is -0.478. The first-order valence-corrected chi connectivity index (χ1v) is 6.67. The molecule has 0 atom stereocenters. The van der Waals surface area contributed by atoms with E-state index in [4.69, 9.17) is 9.15 Å². The fourth-order valence-corrected chi connectivity index (χ4v) is 1.75. The Bertz CT molecular complexity index is 681. The summed E-state index contributed by atoms with van der Waals surface area (Å²) in [5, 5.41) is 5.78. The predicted octanol–water partition coefficient (Wildman–Crippen LogP) is 2.06. The maximum atomic E-state index is 11.4. The quantitative estimate of drug-likeness (QED) is 0.750. The maximum Gasteiger partial charge on any atom is 0.417 e. The molecule has 1 aromatic carbocycles. The van der Waals surface area contributed by atoms with Gasteiger partial charge in [0.1, 0.15) is 5.60 Å². The topological polar surface area (TPSA) is 96.4 Å². The molecule has 0 bridgehead atoms. The molecule has 0 aliphatic heterocycles. The van der Waals surface area contributed by atoms with E-state index >= 15 is 0 Å². The monoisotopic (exact) mass is 293 g/mol. The van der Waals surface area contributed by atoms with Gasteiger partial charge in [-0.3, -0.25) is 4.98 Å². The van der Waals surface area contributed by atoms with Gasteiger partial charge in [0.2, 0.25) is 0 Å². The normalized spacial score (nSPS) is 11.4. The average molecular weight is 293 g/mol. The van der Waals surface area contributed by atoms with Gasteiger partial charge in [-0.05, 0) is 39.0 Å². The van der Waals surface area contributed by atoms with Crippen molar-refractivity contribution >= 4 is 22.9 Å². The molecule has 0 aliphatic rings. The van der Waals surface area contributed by atoms with Crippen LogP contribution in [0.3, 0.4) is 0 Å². The van der Waals surface area contributed by atoms with Crippen LogP contribution in [0.4, 0.5) is 10.5 Å². The van der Waals surface area contributed by atoms with Crippen LogP contribution in [0.15, 0.2) is 27.4 Å². The zero-order valence-electron chi connectivity index (χ0n) is 12.3. The fraction of sp³-hybridized carbons (Fsp3) is 0.429. The highest BCUT2D eigenvalue weighted by Gasteiger charge is 2.15. The Morgan fingerprint density at radius 3 is 2.81 bits per heavy atom. The van der Waals surface area contributed by atoms with E-state index in [-0.39, 0.29) is 0 Å². The number of carbonyl (C=O) groups excluding carboxylic acids is 1. The van der Waals surface area contributed by atoms with Crippen LogP contribution in [0.2, 0.25) is 0 Å². The summed E-state index contributed by atoms with van der Waals surface area (Å²) in [4.78, 5) is 25.1. The summed E-state index contributed by atoms with van der Waals surface area (Å²) >= 11 is 0. The molecule has 21 heavy (non-hydrogen) atoms. The number of nitrogens with one attached hydrogen (secondary N) is 3. The van der Waals surface area contributed by atoms with Crippen LogP contribution in [0.1, 0.15) is 20.8 Å². The molecule has 114 valence electrons. The lowest BCUT2D eigenvalue weighted by molar-refractivity contribution is 0.0530. The molecule has 0 fully saturated rings. The van der Waals surface area contributed by atoms with E-state index in [9.17, 15) is 9.59 Å². The SMILES string of the molecule is CC(C)(C)OC(=O)NCCNc1ccc2oc(=O)[nH]c2c1. The third-order valence-electron chi connectivity index (χ3n) is 2.54. The number of amides is 1. The summed E-state index contributed by atoms with van der Waals surface area (Å²) in [6, 6.07) is 5.27. The van der Waals surface area contributed by atoms with Crippen molar-refractivity contribution < 1.29 is 13.9 Å². The van der Waals surface area contributed by atoms with E-state index in [0.29, 0.717) is 24.2 Å². The number of aromatic nitrogens is 1. The lowest BCUT2D eigenvalue weighted by Gasteiger charge is -2.19. The Morgan fingerprint density at radius 2 is 2.10 bits per heavy atom. The minimum Gasteiger partial charge on any atom is -0.444 e. The van der Waals surface area contributed by atoms with E-state index in [2.05, 4.69) is 15.6 Å². The van der Waals surface area contributed by atoms with Gasteiger partial charge in [0.15, 0.2) is 5.58 Å². The number of carbonyl (C=O) groups is 1. The summed E-state index contributed by atoms with van der Waals surface area (Å²) < 4.78 is 10.0. The fourth-order valence-electron chi connectivity index (χ4n) is 1.75. The van der Waals surface area contributed by atoms with E-state index in [1.165, 1.54) is 0 Å². The summed E-state index contributed by atoms with van der Waals surface area (Å²) in [6.45, 7) is 6.39. The molecule has 0 spiro atoms. The molecule has 1 aromatic heterocycles. The Kier molecular flexibility index (Phi) is 4.21. The van der Waals surface area contributed by atoms with Crippen LogP contribution >= 0.6 is 0 Å². The number of fused-ring (bicyclic) bond motifs is 1. The molecule has 7 nitrogen and oxygen atoms in total. The second kappa shape index (κ2) is 5.90. The highest BCUT2D eigenvalue weighted by Crippen LogP contribution is 2.15. The van der Waals surface area contributed by atoms with Gasteiger partial charge < -0.3 is 19.8 Å².